The summed E-state index contributed by atoms with van der Waals surface area (Å²) in [4.78, 5) is 17.1. The van der Waals surface area contributed by atoms with Crippen molar-refractivity contribution < 1.29 is 14.3 Å². The molecule has 5 nitrogen and oxygen atoms in total. The molecule has 0 saturated heterocycles. The molecule has 2 heterocycles. The Hall–Kier alpha value is -3.34. The van der Waals surface area contributed by atoms with Crippen molar-refractivity contribution in [3.05, 3.63) is 65.1 Å². The SMILES string of the molecule is COc1cc(-c2coc3ccc4ccccc4c3c2=O)ncc1O. The molecule has 5 heteroatoms. The van der Waals surface area contributed by atoms with Crippen LogP contribution in [0.1, 0.15) is 0 Å². The Kier molecular flexibility index (Phi) is 3.20. The summed E-state index contributed by atoms with van der Waals surface area (Å²) in [7, 11) is 1.44. The highest BCUT2D eigenvalue weighted by molar-refractivity contribution is 6.06. The Bertz CT molecular complexity index is 1130. The zero-order valence-corrected chi connectivity index (χ0v) is 12.8. The molecule has 0 saturated carbocycles. The van der Waals surface area contributed by atoms with Gasteiger partial charge < -0.3 is 14.3 Å². The summed E-state index contributed by atoms with van der Waals surface area (Å²) in [5, 5.41) is 12.0. The van der Waals surface area contributed by atoms with Crippen molar-refractivity contribution >= 4 is 21.7 Å². The van der Waals surface area contributed by atoms with Crippen molar-refractivity contribution in [1.82, 2.24) is 4.98 Å². The molecule has 0 fully saturated rings. The highest BCUT2D eigenvalue weighted by Crippen LogP contribution is 2.30. The van der Waals surface area contributed by atoms with E-state index in [1.807, 2.05) is 30.3 Å². The third-order valence-electron chi connectivity index (χ3n) is 4.01. The van der Waals surface area contributed by atoms with Crippen LogP contribution in [0.15, 0.2) is 64.1 Å². The fraction of sp³-hybridized carbons (Fsp3) is 0.0526. The van der Waals surface area contributed by atoms with E-state index in [1.165, 1.54) is 25.6 Å². The number of hydrogen-bond donors (Lipinski definition) is 1. The van der Waals surface area contributed by atoms with Crippen LogP contribution in [0.2, 0.25) is 0 Å². The summed E-state index contributed by atoms with van der Waals surface area (Å²) in [5.41, 5.74) is 1.05. The van der Waals surface area contributed by atoms with Gasteiger partial charge in [0.2, 0.25) is 5.43 Å². The number of rotatable bonds is 2. The molecule has 118 valence electrons. The van der Waals surface area contributed by atoms with Crippen LogP contribution < -0.4 is 10.2 Å². The maximum Gasteiger partial charge on any atom is 0.202 e. The lowest BCUT2D eigenvalue weighted by atomic mass is 10.0. The Balaban J connectivity index is 2.06. The lowest BCUT2D eigenvalue weighted by Gasteiger charge is -2.07. The van der Waals surface area contributed by atoms with Crippen LogP contribution in [0.25, 0.3) is 33.0 Å². The van der Waals surface area contributed by atoms with E-state index in [9.17, 15) is 9.90 Å². The number of methoxy groups -OCH3 is 1. The number of fused-ring (bicyclic) bond motifs is 3. The second-order valence-corrected chi connectivity index (χ2v) is 5.38. The molecule has 0 radical (unpaired) electrons. The van der Waals surface area contributed by atoms with E-state index >= 15 is 0 Å². The molecule has 0 aliphatic heterocycles. The average Bonchev–Trinajstić information content (AvgIpc) is 2.62. The van der Waals surface area contributed by atoms with Gasteiger partial charge in [-0.05, 0) is 16.8 Å². The number of hydrogen-bond acceptors (Lipinski definition) is 5. The second-order valence-electron chi connectivity index (χ2n) is 5.38. The number of aromatic nitrogens is 1. The monoisotopic (exact) mass is 319 g/mol. The van der Waals surface area contributed by atoms with Crippen molar-refractivity contribution in [3.63, 3.8) is 0 Å². The Labute approximate surface area is 136 Å². The van der Waals surface area contributed by atoms with Gasteiger partial charge in [-0.2, -0.15) is 0 Å². The second kappa shape index (κ2) is 5.38. The van der Waals surface area contributed by atoms with Gasteiger partial charge in [-0.1, -0.05) is 30.3 Å². The molecule has 0 atom stereocenters. The van der Waals surface area contributed by atoms with E-state index in [0.29, 0.717) is 22.2 Å². The summed E-state index contributed by atoms with van der Waals surface area (Å²) in [5.74, 6) is 0.161. The van der Waals surface area contributed by atoms with Gasteiger partial charge >= 0.3 is 0 Å². The maximum absolute atomic E-state index is 13.0. The molecule has 0 aliphatic rings. The van der Waals surface area contributed by atoms with Gasteiger partial charge in [0, 0.05) is 6.07 Å². The number of benzene rings is 2. The topological polar surface area (TPSA) is 72.6 Å². The minimum Gasteiger partial charge on any atom is -0.503 e. The van der Waals surface area contributed by atoms with Crippen LogP contribution in [-0.2, 0) is 0 Å². The first kappa shape index (κ1) is 14.3. The molecule has 4 rings (SSSR count). The molecule has 4 aromatic rings. The Morgan fingerprint density at radius 2 is 2.00 bits per heavy atom. The molecule has 0 spiro atoms. The van der Waals surface area contributed by atoms with E-state index in [-0.39, 0.29) is 16.9 Å². The summed E-state index contributed by atoms with van der Waals surface area (Å²) in [6.07, 6.45) is 2.64. The van der Waals surface area contributed by atoms with Gasteiger partial charge in [-0.15, -0.1) is 0 Å². The van der Waals surface area contributed by atoms with Gasteiger partial charge in [0.25, 0.3) is 0 Å². The fourth-order valence-corrected chi connectivity index (χ4v) is 2.81. The predicted molar refractivity (Wildman–Crippen MR) is 91.4 cm³/mol. The summed E-state index contributed by atoms with van der Waals surface area (Å²) in [6.45, 7) is 0. The first-order valence-electron chi connectivity index (χ1n) is 7.35. The molecule has 0 unspecified atom stereocenters. The largest absolute Gasteiger partial charge is 0.503 e. The van der Waals surface area contributed by atoms with E-state index in [4.69, 9.17) is 9.15 Å². The molecule has 0 amide bonds. The van der Waals surface area contributed by atoms with Crippen molar-refractivity contribution in [2.45, 2.75) is 0 Å². The molecular weight excluding hydrogens is 306 g/mol. The quantitative estimate of drug-likeness (QED) is 0.570. The molecule has 1 N–H and O–H groups in total. The standard InChI is InChI=1S/C19H13NO4/c1-23-17-8-14(20-9-15(17)21)13-10-24-16-7-6-11-4-2-3-5-12(11)18(16)19(13)22/h2-10,21H,1H3. The zero-order chi connectivity index (χ0) is 16.7. The van der Waals surface area contributed by atoms with Crippen LogP contribution in [0.3, 0.4) is 0 Å². The van der Waals surface area contributed by atoms with Crippen molar-refractivity contribution in [3.8, 4) is 22.8 Å². The van der Waals surface area contributed by atoms with Crippen LogP contribution in [0.5, 0.6) is 11.5 Å². The molecule has 0 bridgehead atoms. The first-order valence-corrected chi connectivity index (χ1v) is 7.35. The summed E-state index contributed by atoms with van der Waals surface area (Å²) >= 11 is 0. The Morgan fingerprint density at radius 1 is 1.17 bits per heavy atom. The Morgan fingerprint density at radius 3 is 2.83 bits per heavy atom. The van der Waals surface area contributed by atoms with Crippen LogP contribution >= 0.6 is 0 Å². The number of aromatic hydroxyl groups is 1. The lowest BCUT2D eigenvalue weighted by Crippen LogP contribution is -2.06. The molecule has 0 aliphatic carbocycles. The average molecular weight is 319 g/mol. The summed E-state index contributed by atoms with van der Waals surface area (Å²) in [6, 6.07) is 12.9. The van der Waals surface area contributed by atoms with Gasteiger partial charge in [0.1, 0.15) is 11.8 Å². The normalized spacial score (nSPS) is 11.0. The molecular formula is C19H13NO4. The minimum absolute atomic E-state index is 0.0862. The van der Waals surface area contributed by atoms with E-state index < -0.39 is 0 Å². The zero-order valence-electron chi connectivity index (χ0n) is 12.8. The highest BCUT2D eigenvalue weighted by atomic mass is 16.5. The number of ether oxygens (including phenoxy) is 1. The van der Waals surface area contributed by atoms with Crippen molar-refractivity contribution in [1.29, 1.82) is 0 Å². The van der Waals surface area contributed by atoms with Gasteiger partial charge in [0.05, 0.1) is 30.0 Å². The van der Waals surface area contributed by atoms with Crippen molar-refractivity contribution in [2.75, 3.05) is 7.11 Å². The third-order valence-corrected chi connectivity index (χ3v) is 4.01. The van der Waals surface area contributed by atoms with Gasteiger partial charge in [-0.25, -0.2) is 0 Å². The smallest absolute Gasteiger partial charge is 0.202 e. The minimum atomic E-state index is -0.173. The summed E-state index contributed by atoms with van der Waals surface area (Å²) < 4.78 is 10.7. The van der Waals surface area contributed by atoms with Gasteiger partial charge in [-0.3, -0.25) is 9.78 Å². The van der Waals surface area contributed by atoms with E-state index in [2.05, 4.69) is 4.98 Å². The van der Waals surface area contributed by atoms with Crippen LogP contribution in [-0.4, -0.2) is 17.2 Å². The van der Waals surface area contributed by atoms with Crippen LogP contribution in [0.4, 0.5) is 0 Å². The molecule has 2 aromatic carbocycles. The number of pyridine rings is 1. The molecule has 2 aromatic heterocycles. The highest BCUT2D eigenvalue weighted by Gasteiger charge is 2.14. The fourth-order valence-electron chi connectivity index (χ4n) is 2.81. The van der Waals surface area contributed by atoms with Crippen molar-refractivity contribution in [2.24, 2.45) is 0 Å². The van der Waals surface area contributed by atoms with Gasteiger partial charge in [0.15, 0.2) is 11.5 Å². The lowest BCUT2D eigenvalue weighted by molar-refractivity contribution is 0.372. The van der Waals surface area contributed by atoms with E-state index in [0.717, 1.165) is 10.8 Å². The third kappa shape index (κ3) is 2.10. The first-order chi connectivity index (χ1) is 11.7. The maximum atomic E-state index is 13.0. The van der Waals surface area contributed by atoms with E-state index in [1.54, 1.807) is 6.07 Å². The molecule has 24 heavy (non-hydrogen) atoms. The number of nitrogens with zero attached hydrogens (tertiary/aromatic N) is 1. The predicted octanol–water partition coefficient (Wildman–Crippen LogP) is 3.72. The van der Waals surface area contributed by atoms with Crippen LogP contribution in [0, 0.1) is 0 Å².